The van der Waals surface area contributed by atoms with Gasteiger partial charge in [0, 0.05) is 19.7 Å². The van der Waals surface area contributed by atoms with E-state index in [0.717, 1.165) is 18.4 Å². The zero-order chi connectivity index (χ0) is 21.8. The van der Waals surface area contributed by atoms with Crippen molar-refractivity contribution in [2.45, 2.75) is 25.9 Å². The van der Waals surface area contributed by atoms with Gasteiger partial charge in [-0.2, -0.15) is 0 Å². The highest BCUT2D eigenvalue weighted by atomic mass is 19.1. The Balaban J connectivity index is 1.74. The maximum Gasteiger partial charge on any atom is 0.255 e. The molecule has 162 valence electrons. The van der Waals surface area contributed by atoms with Crippen LogP contribution in [0.5, 0.6) is 11.5 Å². The summed E-state index contributed by atoms with van der Waals surface area (Å²) in [6.45, 7) is 3.10. The van der Waals surface area contributed by atoms with Crippen LogP contribution >= 0.6 is 0 Å². The Morgan fingerprint density at radius 3 is 2.57 bits per heavy atom. The van der Waals surface area contributed by atoms with Gasteiger partial charge in [-0.25, -0.2) is 4.39 Å². The standard InChI is InChI=1S/C22H29FN4O3/c1-3-18(30-20-6-4-5-17(23)13-20)14-27-22(25-2)26-12-11-16-7-9-19(10-8-16)29-15-21(24)28/h4-10,13,18H,3,11-12,14-15H2,1-2H3,(H2,24,28)(H2,25,26,27). The molecular formula is C22H29FN4O3. The van der Waals surface area contributed by atoms with Gasteiger partial charge in [-0.1, -0.05) is 25.1 Å². The monoisotopic (exact) mass is 416 g/mol. The number of primary amides is 1. The number of hydrogen-bond donors (Lipinski definition) is 3. The Kier molecular flexibility index (Phi) is 9.44. The highest BCUT2D eigenvalue weighted by Gasteiger charge is 2.10. The summed E-state index contributed by atoms with van der Waals surface area (Å²) in [6.07, 6.45) is 1.44. The summed E-state index contributed by atoms with van der Waals surface area (Å²) in [6, 6.07) is 13.6. The highest BCUT2D eigenvalue weighted by molar-refractivity contribution is 5.79. The quantitative estimate of drug-likeness (QED) is 0.386. The van der Waals surface area contributed by atoms with E-state index in [1.54, 1.807) is 31.3 Å². The van der Waals surface area contributed by atoms with Gasteiger partial charge in [-0.15, -0.1) is 0 Å². The van der Waals surface area contributed by atoms with Gasteiger partial charge in [0.15, 0.2) is 12.6 Å². The molecule has 8 heteroatoms. The molecule has 0 heterocycles. The molecule has 1 atom stereocenters. The van der Waals surface area contributed by atoms with E-state index in [2.05, 4.69) is 15.6 Å². The summed E-state index contributed by atoms with van der Waals surface area (Å²) in [5.74, 6) is 0.952. The van der Waals surface area contributed by atoms with Crippen LogP contribution < -0.4 is 25.8 Å². The van der Waals surface area contributed by atoms with Crippen molar-refractivity contribution in [2.75, 3.05) is 26.7 Å². The second-order valence-corrected chi connectivity index (χ2v) is 6.63. The molecule has 0 saturated heterocycles. The third-order valence-corrected chi connectivity index (χ3v) is 4.29. The lowest BCUT2D eigenvalue weighted by atomic mass is 10.1. The van der Waals surface area contributed by atoms with Crippen LogP contribution in [0.4, 0.5) is 4.39 Å². The number of aliphatic imine (C=N–C) groups is 1. The number of carbonyl (C=O) groups excluding carboxylic acids is 1. The normalized spacial score (nSPS) is 12.2. The maximum absolute atomic E-state index is 13.3. The summed E-state index contributed by atoms with van der Waals surface area (Å²) in [7, 11) is 1.70. The zero-order valence-electron chi connectivity index (χ0n) is 17.4. The average Bonchev–Trinajstić information content (AvgIpc) is 2.74. The number of ether oxygens (including phenoxy) is 2. The first-order valence-corrected chi connectivity index (χ1v) is 9.87. The van der Waals surface area contributed by atoms with E-state index < -0.39 is 5.91 Å². The van der Waals surface area contributed by atoms with Gasteiger partial charge in [-0.05, 0) is 42.7 Å². The van der Waals surface area contributed by atoms with E-state index in [0.29, 0.717) is 30.5 Å². The predicted octanol–water partition coefficient (Wildman–Crippen LogP) is 2.25. The molecule has 2 aromatic carbocycles. The number of halogens is 1. The Morgan fingerprint density at radius 1 is 1.17 bits per heavy atom. The minimum atomic E-state index is -0.506. The molecule has 2 rings (SSSR count). The number of amides is 1. The summed E-state index contributed by atoms with van der Waals surface area (Å²) in [4.78, 5) is 15.0. The Hall–Kier alpha value is -3.29. The molecule has 30 heavy (non-hydrogen) atoms. The Bertz CT molecular complexity index is 827. The molecule has 0 aliphatic carbocycles. The largest absolute Gasteiger partial charge is 0.489 e. The van der Waals surface area contributed by atoms with Crippen LogP contribution in [0.1, 0.15) is 18.9 Å². The van der Waals surface area contributed by atoms with Crippen LogP contribution in [-0.4, -0.2) is 44.7 Å². The molecule has 1 amide bonds. The third kappa shape index (κ3) is 8.38. The van der Waals surface area contributed by atoms with E-state index in [1.165, 1.54) is 12.1 Å². The minimum Gasteiger partial charge on any atom is -0.489 e. The lowest BCUT2D eigenvalue weighted by molar-refractivity contribution is -0.119. The van der Waals surface area contributed by atoms with Crippen LogP contribution in [0.25, 0.3) is 0 Å². The van der Waals surface area contributed by atoms with Crippen LogP contribution in [0.2, 0.25) is 0 Å². The SMILES string of the molecule is CCC(CNC(=NC)NCCc1ccc(OCC(N)=O)cc1)Oc1cccc(F)c1. The third-order valence-electron chi connectivity index (χ3n) is 4.29. The van der Waals surface area contributed by atoms with Crippen molar-refractivity contribution < 1.29 is 18.7 Å². The van der Waals surface area contributed by atoms with Crippen molar-refractivity contribution >= 4 is 11.9 Å². The molecule has 0 aromatic heterocycles. The minimum absolute atomic E-state index is 0.113. The van der Waals surface area contributed by atoms with E-state index >= 15 is 0 Å². The summed E-state index contributed by atoms with van der Waals surface area (Å²) >= 11 is 0. The number of guanidine groups is 1. The number of benzene rings is 2. The van der Waals surface area contributed by atoms with Crippen LogP contribution in [0, 0.1) is 5.82 Å². The number of nitrogens with zero attached hydrogens (tertiary/aromatic N) is 1. The van der Waals surface area contributed by atoms with Crippen molar-refractivity contribution in [3.8, 4) is 11.5 Å². The van der Waals surface area contributed by atoms with Crippen LogP contribution in [-0.2, 0) is 11.2 Å². The van der Waals surface area contributed by atoms with E-state index in [-0.39, 0.29) is 18.5 Å². The van der Waals surface area contributed by atoms with Gasteiger partial charge >= 0.3 is 0 Å². The van der Waals surface area contributed by atoms with E-state index in [1.807, 2.05) is 19.1 Å². The molecule has 7 nitrogen and oxygen atoms in total. The fourth-order valence-corrected chi connectivity index (χ4v) is 2.67. The molecule has 0 aliphatic rings. The lowest BCUT2D eigenvalue weighted by Crippen LogP contribution is -2.43. The molecule has 4 N–H and O–H groups in total. The summed E-state index contributed by atoms with van der Waals surface area (Å²) < 4.78 is 24.4. The first-order valence-electron chi connectivity index (χ1n) is 9.87. The molecule has 0 fully saturated rings. The van der Waals surface area contributed by atoms with Crippen molar-refractivity contribution in [3.63, 3.8) is 0 Å². The van der Waals surface area contributed by atoms with Gasteiger partial charge in [0.2, 0.25) is 0 Å². The van der Waals surface area contributed by atoms with Crippen LogP contribution in [0.3, 0.4) is 0 Å². The van der Waals surface area contributed by atoms with Crippen molar-refractivity contribution in [2.24, 2.45) is 10.7 Å². The Labute approximate surface area is 176 Å². The van der Waals surface area contributed by atoms with Crippen LogP contribution in [0.15, 0.2) is 53.5 Å². The number of nitrogens with one attached hydrogen (secondary N) is 2. The second-order valence-electron chi connectivity index (χ2n) is 6.63. The molecular weight excluding hydrogens is 387 g/mol. The van der Waals surface area contributed by atoms with Gasteiger partial charge in [0.25, 0.3) is 5.91 Å². The molecule has 0 radical (unpaired) electrons. The van der Waals surface area contributed by atoms with Crippen molar-refractivity contribution in [3.05, 3.63) is 59.9 Å². The molecule has 0 aliphatic heterocycles. The first-order chi connectivity index (χ1) is 14.5. The van der Waals surface area contributed by atoms with Gasteiger partial charge in [-0.3, -0.25) is 9.79 Å². The average molecular weight is 416 g/mol. The number of rotatable bonds is 11. The van der Waals surface area contributed by atoms with Gasteiger partial charge < -0.3 is 25.8 Å². The van der Waals surface area contributed by atoms with E-state index in [4.69, 9.17) is 15.2 Å². The summed E-state index contributed by atoms with van der Waals surface area (Å²) in [5, 5.41) is 6.49. The number of hydrogen-bond acceptors (Lipinski definition) is 4. The molecule has 2 aromatic rings. The predicted molar refractivity (Wildman–Crippen MR) is 115 cm³/mol. The fraction of sp³-hybridized carbons (Fsp3) is 0.364. The van der Waals surface area contributed by atoms with Crippen molar-refractivity contribution in [1.82, 2.24) is 10.6 Å². The smallest absolute Gasteiger partial charge is 0.255 e. The first kappa shape index (κ1) is 23.0. The fourth-order valence-electron chi connectivity index (χ4n) is 2.67. The topological polar surface area (TPSA) is 98.0 Å². The number of carbonyl (C=O) groups is 1. The highest BCUT2D eigenvalue weighted by Crippen LogP contribution is 2.15. The maximum atomic E-state index is 13.3. The number of nitrogens with two attached hydrogens (primary N) is 1. The van der Waals surface area contributed by atoms with Gasteiger partial charge in [0.1, 0.15) is 23.4 Å². The lowest BCUT2D eigenvalue weighted by Gasteiger charge is -2.20. The van der Waals surface area contributed by atoms with Crippen molar-refractivity contribution in [1.29, 1.82) is 0 Å². The molecule has 0 bridgehead atoms. The zero-order valence-corrected chi connectivity index (χ0v) is 17.4. The molecule has 0 saturated carbocycles. The molecule has 0 spiro atoms. The Morgan fingerprint density at radius 2 is 1.93 bits per heavy atom. The summed E-state index contributed by atoms with van der Waals surface area (Å²) in [5.41, 5.74) is 6.18. The van der Waals surface area contributed by atoms with E-state index in [9.17, 15) is 9.18 Å². The molecule has 1 unspecified atom stereocenters. The van der Waals surface area contributed by atoms with Gasteiger partial charge in [0.05, 0.1) is 6.54 Å². The second kappa shape index (κ2) is 12.3.